The fraction of sp³-hybridized carbons (Fsp3) is 0.174. The normalized spacial score (nSPS) is 10.8. The van der Waals surface area contributed by atoms with E-state index in [0.29, 0.717) is 0 Å². The van der Waals surface area contributed by atoms with Crippen molar-refractivity contribution >= 4 is 36.5 Å². The number of hydrogen-bond donors (Lipinski definition) is 1. The maximum absolute atomic E-state index is 10.0. The Morgan fingerprint density at radius 3 is 1.08 bits per heavy atom. The summed E-state index contributed by atoms with van der Waals surface area (Å²) in [5, 5.41) is 8.25. The van der Waals surface area contributed by atoms with E-state index in [-0.39, 0.29) is 0 Å². The van der Waals surface area contributed by atoms with E-state index in [1.807, 2.05) is 0 Å². The van der Waals surface area contributed by atoms with Gasteiger partial charge in [0.1, 0.15) is 0 Å². The molecule has 0 heterocycles. The third-order valence-corrected chi connectivity index (χ3v) is 11.6. The predicted octanol–water partition coefficient (Wildman–Crippen LogP) is 3.32. The Labute approximate surface area is 163 Å². The third kappa shape index (κ3) is 6.02. The molecule has 2 nitrogen and oxygen atoms in total. The van der Waals surface area contributed by atoms with Gasteiger partial charge in [0.2, 0.25) is 0 Å². The predicted molar refractivity (Wildman–Crippen MR) is 111 cm³/mol. The van der Waals surface area contributed by atoms with Crippen LogP contribution in [0.25, 0.3) is 0 Å². The van der Waals surface area contributed by atoms with Crippen LogP contribution in [0.2, 0.25) is 0 Å². The van der Waals surface area contributed by atoms with Gasteiger partial charge in [-0.05, 0) is 20.8 Å². The van der Waals surface area contributed by atoms with Crippen LogP contribution in [0.5, 0.6) is 0 Å². The Kier molecular flexibility index (Phi) is 7.46. The van der Waals surface area contributed by atoms with Gasteiger partial charge in [-0.15, -0.1) is 0 Å². The van der Waals surface area contributed by atoms with Crippen molar-refractivity contribution in [3.8, 4) is 0 Å². The van der Waals surface area contributed by atoms with E-state index in [0.717, 1.165) is 0 Å². The van der Waals surface area contributed by atoms with Gasteiger partial charge < -0.3 is 5.11 Å². The molecule has 0 fully saturated rings. The molecule has 3 aromatic carbocycles. The molecular weight excluding hydrogens is 427 g/mol. The fourth-order valence-electron chi connectivity index (χ4n) is 2.31. The number of carboxylic acid groups (broad SMARTS) is 1. The van der Waals surface area contributed by atoms with E-state index in [1.54, 1.807) is 20.8 Å². The molecule has 3 rings (SSSR count). The minimum absolute atomic E-state index is 0.583. The summed E-state index contributed by atoms with van der Waals surface area (Å²) in [7, 11) is 0. The Balaban J connectivity index is 0.000000298. The van der Waals surface area contributed by atoms with Crippen LogP contribution < -0.4 is 10.7 Å². The van der Waals surface area contributed by atoms with E-state index in [2.05, 4.69) is 91.0 Å². The zero-order chi connectivity index (χ0) is 19.0. The van der Waals surface area contributed by atoms with Gasteiger partial charge in [0.15, 0.2) is 0 Å². The maximum atomic E-state index is 10.0. The van der Waals surface area contributed by atoms with E-state index < -0.39 is 31.1 Å². The average molecular weight is 452 g/mol. The van der Waals surface area contributed by atoms with Crippen molar-refractivity contribution in [3.05, 3.63) is 91.0 Å². The number of benzene rings is 3. The second-order valence-corrected chi connectivity index (χ2v) is 14.1. The number of carboxylic acids is 1. The monoisotopic (exact) mass is 453 g/mol. The number of rotatable bonds is 3. The molecule has 0 bridgehead atoms. The average Bonchev–Trinajstić information content (AvgIpc) is 2.64. The second-order valence-electron chi connectivity index (χ2n) is 7.03. The molecule has 3 aromatic rings. The first-order valence-corrected chi connectivity index (χ1v) is 12.9. The van der Waals surface area contributed by atoms with E-state index in [9.17, 15) is 4.79 Å². The molecule has 1 radical (unpaired) electrons. The summed E-state index contributed by atoms with van der Waals surface area (Å²) in [6.45, 7) is 4.99. The van der Waals surface area contributed by atoms with E-state index in [4.69, 9.17) is 5.11 Å². The minimum atomic E-state index is -1.98. The number of hydrogen-bond acceptors (Lipinski definition) is 1. The molecular formula is C23H25O2Sn. The second kappa shape index (κ2) is 9.58. The summed E-state index contributed by atoms with van der Waals surface area (Å²) in [4.78, 5) is 10.0. The van der Waals surface area contributed by atoms with Crippen LogP contribution in [-0.2, 0) is 4.79 Å². The van der Waals surface area contributed by atoms with Gasteiger partial charge in [-0.3, -0.25) is 4.79 Å². The summed E-state index contributed by atoms with van der Waals surface area (Å²) in [6, 6.07) is 32.9. The van der Waals surface area contributed by atoms with Gasteiger partial charge in [0.05, 0.1) is 5.41 Å². The molecule has 3 heteroatoms. The summed E-state index contributed by atoms with van der Waals surface area (Å²) in [6.07, 6.45) is 0. The van der Waals surface area contributed by atoms with Crippen molar-refractivity contribution in [3.63, 3.8) is 0 Å². The van der Waals surface area contributed by atoms with Crippen molar-refractivity contribution in [2.24, 2.45) is 5.41 Å². The number of aliphatic carboxylic acids is 1. The Bertz CT molecular complexity index is 700. The van der Waals surface area contributed by atoms with Gasteiger partial charge in [0, 0.05) is 0 Å². The van der Waals surface area contributed by atoms with Gasteiger partial charge in [-0.1, -0.05) is 0 Å². The third-order valence-electron chi connectivity index (χ3n) is 3.83. The zero-order valence-electron chi connectivity index (χ0n) is 15.5. The topological polar surface area (TPSA) is 37.3 Å². The molecule has 0 aliphatic rings. The molecule has 0 saturated heterocycles. The first-order chi connectivity index (χ1) is 12.4. The number of carbonyl (C=O) groups is 1. The molecule has 26 heavy (non-hydrogen) atoms. The summed E-state index contributed by atoms with van der Waals surface area (Å²) in [5.41, 5.74) is -0.583. The first-order valence-electron chi connectivity index (χ1n) is 8.66. The van der Waals surface area contributed by atoms with Gasteiger partial charge in [0.25, 0.3) is 0 Å². The van der Waals surface area contributed by atoms with Crippen LogP contribution in [-0.4, -0.2) is 30.8 Å². The fourth-order valence-corrected chi connectivity index (χ4v) is 9.67. The van der Waals surface area contributed by atoms with Crippen LogP contribution in [0.4, 0.5) is 0 Å². The van der Waals surface area contributed by atoms with Crippen molar-refractivity contribution in [1.29, 1.82) is 0 Å². The molecule has 0 aromatic heterocycles. The summed E-state index contributed by atoms with van der Waals surface area (Å²) < 4.78 is 4.59. The summed E-state index contributed by atoms with van der Waals surface area (Å²) in [5.74, 6) is -0.757. The van der Waals surface area contributed by atoms with Crippen molar-refractivity contribution < 1.29 is 9.90 Å². The molecule has 1 N–H and O–H groups in total. The van der Waals surface area contributed by atoms with Gasteiger partial charge >= 0.3 is 127 Å². The molecule has 0 amide bonds. The molecule has 0 saturated carbocycles. The van der Waals surface area contributed by atoms with Crippen LogP contribution >= 0.6 is 0 Å². The van der Waals surface area contributed by atoms with Crippen molar-refractivity contribution in [2.75, 3.05) is 0 Å². The van der Waals surface area contributed by atoms with Crippen molar-refractivity contribution in [1.82, 2.24) is 0 Å². The Morgan fingerprint density at radius 2 is 0.885 bits per heavy atom. The Morgan fingerprint density at radius 1 is 0.654 bits per heavy atom. The van der Waals surface area contributed by atoms with Crippen molar-refractivity contribution in [2.45, 2.75) is 20.8 Å². The van der Waals surface area contributed by atoms with E-state index in [1.165, 1.54) is 10.7 Å². The molecule has 0 aliphatic carbocycles. The Hall–Kier alpha value is -2.07. The molecule has 133 valence electrons. The molecule has 0 atom stereocenters. The molecule has 0 spiro atoms. The first kappa shape index (κ1) is 20.2. The van der Waals surface area contributed by atoms with Crippen LogP contribution in [0.15, 0.2) is 91.0 Å². The van der Waals surface area contributed by atoms with Crippen LogP contribution in [0, 0.1) is 5.41 Å². The SMILES string of the molecule is CC(C)(C)C(=O)O.c1cc[c]([Sn]([c]2ccccc2)[c]2ccccc2)cc1. The van der Waals surface area contributed by atoms with Gasteiger partial charge in [-0.25, -0.2) is 0 Å². The quantitative estimate of drug-likeness (QED) is 0.620. The van der Waals surface area contributed by atoms with Gasteiger partial charge in [-0.2, -0.15) is 0 Å². The van der Waals surface area contributed by atoms with E-state index >= 15 is 0 Å². The molecule has 0 unspecified atom stereocenters. The van der Waals surface area contributed by atoms with Crippen LogP contribution in [0.3, 0.4) is 0 Å². The summed E-state index contributed by atoms with van der Waals surface area (Å²) >= 11 is -1.98. The zero-order valence-corrected chi connectivity index (χ0v) is 18.4. The van der Waals surface area contributed by atoms with Crippen LogP contribution in [0.1, 0.15) is 20.8 Å². The molecule has 0 aliphatic heterocycles. The standard InChI is InChI=1S/3C6H5.C5H10O2.Sn/c3*1-2-4-6-5-3-1;1-5(2,3)4(6)7;/h3*1-5H;1-3H3,(H,6,7);.